The topological polar surface area (TPSA) is 38.0 Å². The highest BCUT2D eigenvalue weighted by molar-refractivity contribution is 7.80. The first kappa shape index (κ1) is 13.5. The Hall–Kier alpha value is -1.94. The van der Waals surface area contributed by atoms with Gasteiger partial charge in [-0.15, -0.1) is 0 Å². The fourth-order valence-electron chi connectivity index (χ4n) is 1.78. The number of anilines is 2. The van der Waals surface area contributed by atoms with E-state index < -0.39 is 0 Å². The van der Waals surface area contributed by atoms with Crippen LogP contribution >= 0.6 is 12.2 Å². The number of thiocarbonyl (C=S) groups is 1. The van der Waals surface area contributed by atoms with Crippen LogP contribution in [-0.4, -0.2) is 4.99 Å². The quantitative estimate of drug-likeness (QED) is 0.836. The Morgan fingerprint density at radius 2 is 1.84 bits per heavy atom. The molecule has 19 heavy (non-hydrogen) atoms. The summed E-state index contributed by atoms with van der Waals surface area (Å²) in [6.07, 6.45) is 0. The van der Waals surface area contributed by atoms with E-state index in [2.05, 4.69) is 5.32 Å². The van der Waals surface area contributed by atoms with Crippen LogP contribution in [-0.2, 0) is 0 Å². The third-order valence-corrected chi connectivity index (χ3v) is 3.20. The Bertz CT molecular complexity index is 638. The molecular formula is C15H15FN2S. The number of hydrogen-bond donors (Lipinski definition) is 2. The fraction of sp³-hybridized carbons (Fsp3) is 0.133. The van der Waals surface area contributed by atoms with Crippen molar-refractivity contribution in [3.05, 3.63) is 58.9 Å². The molecule has 2 rings (SSSR count). The number of halogens is 1. The Morgan fingerprint density at radius 1 is 1.11 bits per heavy atom. The van der Waals surface area contributed by atoms with Crippen molar-refractivity contribution in [2.45, 2.75) is 13.8 Å². The van der Waals surface area contributed by atoms with E-state index in [0.29, 0.717) is 16.2 Å². The molecule has 0 aliphatic heterocycles. The van der Waals surface area contributed by atoms with Crippen molar-refractivity contribution >= 4 is 28.6 Å². The fourth-order valence-corrected chi connectivity index (χ4v) is 1.91. The highest BCUT2D eigenvalue weighted by Gasteiger charge is 2.04. The molecule has 0 aliphatic carbocycles. The Morgan fingerprint density at radius 3 is 2.42 bits per heavy atom. The van der Waals surface area contributed by atoms with E-state index in [-0.39, 0.29) is 5.82 Å². The molecule has 0 heterocycles. The van der Waals surface area contributed by atoms with Gasteiger partial charge in [0.1, 0.15) is 10.8 Å². The average Bonchev–Trinajstić information content (AvgIpc) is 2.36. The number of hydrogen-bond acceptors (Lipinski definition) is 2. The van der Waals surface area contributed by atoms with Gasteiger partial charge in [-0.05, 0) is 55.3 Å². The third kappa shape index (κ3) is 3.09. The van der Waals surface area contributed by atoms with E-state index in [9.17, 15) is 4.39 Å². The van der Waals surface area contributed by atoms with Crippen LogP contribution in [0.25, 0.3) is 0 Å². The van der Waals surface area contributed by atoms with Gasteiger partial charge in [0.05, 0.1) is 0 Å². The molecule has 3 N–H and O–H groups in total. The predicted octanol–water partition coefficient (Wildman–Crippen LogP) is 3.82. The Balaban J connectivity index is 2.28. The van der Waals surface area contributed by atoms with Crippen molar-refractivity contribution in [1.82, 2.24) is 0 Å². The molecule has 2 aromatic carbocycles. The molecule has 0 atom stereocenters. The van der Waals surface area contributed by atoms with Crippen molar-refractivity contribution < 1.29 is 4.39 Å². The van der Waals surface area contributed by atoms with Gasteiger partial charge in [0.15, 0.2) is 0 Å². The van der Waals surface area contributed by atoms with Crippen molar-refractivity contribution in [2.75, 3.05) is 5.32 Å². The zero-order valence-electron chi connectivity index (χ0n) is 10.8. The normalized spacial score (nSPS) is 10.3. The molecule has 98 valence electrons. The average molecular weight is 274 g/mol. The van der Waals surface area contributed by atoms with Crippen LogP contribution in [0.2, 0.25) is 0 Å². The Kier molecular flexibility index (Phi) is 3.81. The van der Waals surface area contributed by atoms with Gasteiger partial charge in [0.25, 0.3) is 0 Å². The highest BCUT2D eigenvalue weighted by atomic mass is 32.1. The van der Waals surface area contributed by atoms with E-state index in [0.717, 1.165) is 16.8 Å². The van der Waals surface area contributed by atoms with E-state index in [4.69, 9.17) is 18.0 Å². The number of rotatable bonds is 3. The summed E-state index contributed by atoms with van der Waals surface area (Å²) in [6.45, 7) is 3.69. The van der Waals surface area contributed by atoms with Crippen LogP contribution in [0.4, 0.5) is 15.8 Å². The SMILES string of the molecule is Cc1ccc(Nc2ccc(C(N)=S)cc2C)cc1F. The van der Waals surface area contributed by atoms with Gasteiger partial charge >= 0.3 is 0 Å². The second-order valence-corrected chi connectivity index (χ2v) is 4.92. The standard InChI is InChI=1S/C15H15FN2S/c1-9-3-5-12(8-13(9)16)18-14-6-4-11(15(17)19)7-10(14)2/h3-8,18H,1-2H3,(H2,17,19). The lowest BCUT2D eigenvalue weighted by Crippen LogP contribution is -2.09. The summed E-state index contributed by atoms with van der Waals surface area (Å²) >= 11 is 4.93. The number of benzene rings is 2. The molecule has 4 heteroatoms. The van der Waals surface area contributed by atoms with Gasteiger partial charge in [-0.2, -0.15) is 0 Å². The second kappa shape index (κ2) is 5.36. The molecule has 0 saturated carbocycles. The Labute approximate surface area is 117 Å². The third-order valence-electron chi connectivity index (χ3n) is 2.96. The summed E-state index contributed by atoms with van der Waals surface area (Å²) in [6, 6.07) is 10.7. The first-order valence-electron chi connectivity index (χ1n) is 5.91. The lowest BCUT2D eigenvalue weighted by Gasteiger charge is -2.11. The van der Waals surface area contributed by atoms with Gasteiger partial charge in [-0.1, -0.05) is 18.3 Å². The zero-order chi connectivity index (χ0) is 14.0. The molecule has 0 aliphatic rings. The summed E-state index contributed by atoms with van der Waals surface area (Å²) in [5, 5.41) is 3.18. The molecule has 0 bridgehead atoms. The van der Waals surface area contributed by atoms with Crippen molar-refractivity contribution in [2.24, 2.45) is 5.73 Å². The molecule has 0 spiro atoms. The molecular weight excluding hydrogens is 259 g/mol. The van der Waals surface area contributed by atoms with Gasteiger partial charge in [0, 0.05) is 16.9 Å². The summed E-state index contributed by atoms with van der Waals surface area (Å²) in [5.41, 5.74) is 9.67. The van der Waals surface area contributed by atoms with Crippen molar-refractivity contribution in [3.8, 4) is 0 Å². The lowest BCUT2D eigenvalue weighted by atomic mass is 10.1. The van der Waals surface area contributed by atoms with Crippen molar-refractivity contribution in [1.29, 1.82) is 0 Å². The largest absolute Gasteiger partial charge is 0.389 e. The summed E-state index contributed by atoms with van der Waals surface area (Å²) in [7, 11) is 0. The summed E-state index contributed by atoms with van der Waals surface area (Å²) < 4.78 is 13.5. The van der Waals surface area contributed by atoms with Gasteiger partial charge in [-0.25, -0.2) is 4.39 Å². The second-order valence-electron chi connectivity index (χ2n) is 4.48. The maximum atomic E-state index is 13.5. The van der Waals surface area contributed by atoms with Crippen molar-refractivity contribution in [3.63, 3.8) is 0 Å². The first-order valence-corrected chi connectivity index (χ1v) is 6.32. The van der Waals surface area contributed by atoms with Gasteiger partial charge in [0.2, 0.25) is 0 Å². The van der Waals surface area contributed by atoms with Crippen LogP contribution in [0, 0.1) is 19.7 Å². The maximum absolute atomic E-state index is 13.5. The molecule has 0 aromatic heterocycles. The lowest BCUT2D eigenvalue weighted by molar-refractivity contribution is 0.619. The molecule has 2 nitrogen and oxygen atoms in total. The molecule has 0 radical (unpaired) electrons. The molecule has 0 fully saturated rings. The molecule has 2 aromatic rings. The van der Waals surface area contributed by atoms with Crippen LogP contribution < -0.4 is 11.1 Å². The molecule has 0 unspecified atom stereocenters. The van der Waals surface area contributed by atoms with E-state index >= 15 is 0 Å². The number of aryl methyl sites for hydroxylation is 2. The van der Waals surface area contributed by atoms with E-state index in [1.54, 1.807) is 13.0 Å². The van der Waals surface area contributed by atoms with Crippen LogP contribution in [0.1, 0.15) is 16.7 Å². The van der Waals surface area contributed by atoms with E-state index in [1.807, 2.05) is 31.2 Å². The smallest absolute Gasteiger partial charge is 0.128 e. The van der Waals surface area contributed by atoms with Gasteiger partial charge < -0.3 is 11.1 Å². The van der Waals surface area contributed by atoms with Crippen LogP contribution in [0.15, 0.2) is 36.4 Å². The number of nitrogens with one attached hydrogen (secondary N) is 1. The minimum Gasteiger partial charge on any atom is -0.389 e. The maximum Gasteiger partial charge on any atom is 0.128 e. The minimum absolute atomic E-state index is 0.220. The first-order chi connectivity index (χ1) is 8.97. The molecule has 0 amide bonds. The molecule has 0 saturated heterocycles. The van der Waals surface area contributed by atoms with Crippen LogP contribution in [0.5, 0.6) is 0 Å². The minimum atomic E-state index is -0.220. The summed E-state index contributed by atoms with van der Waals surface area (Å²) in [5.74, 6) is -0.220. The summed E-state index contributed by atoms with van der Waals surface area (Å²) in [4.78, 5) is 0.371. The van der Waals surface area contributed by atoms with Gasteiger partial charge in [-0.3, -0.25) is 0 Å². The predicted molar refractivity (Wildman–Crippen MR) is 81.5 cm³/mol. The highest BCUT2D eigenvalue weighted by Crippen LogP contribution is 2.23. The zero-order valence-corrected chi connectivity index (χ0v) is 11.6. The number of nitrogens with two attached hydrogens (primary N) is 1. The monoisotopic (exact) mass is 274 g/mol. The van der Waals surface area contributed by atoms with E-state index in [1.165, 1.54) is 6.07 Å². The van der Waals surface area contributed by atoms with Crippen LogP contribution in [0.3, 0.4) is 0 Å².